The summed E-state index contributed by atoms with van der Waals surface area (Å²) in [6.45, 7) is 3.29. The van der Waals surface area contributed by atoms with Gasteiger partial charge in [0, 0.05) is 17.4 Å². The van der Waals surface area contributed by atoms with Gasteiger partial charge in [-0.1, -0.05) is 0 Å². The fourth-order valence-electron chi connectivity index (χ4n) is 1.87. The Labute approximate surface area is 132 Å². The summed E-state index contributed by atoms with van der Waals surface area (Å²) < 4.78 is 5.16. The van der Waals surface area contributed by atoms with E-state index in [2.05, 4.69) is 10.3 Å². The van der Waals surface area contributed by atoms with Crippen molar-refractivity contribution in [1.82, 2.24) is 4.98 Å². The molecule has 1 aromatic heterocycles. The zero-order chi connectivity index (χ0) is 16.1. The van der Waals surface area contributed by atoms with Gasteiger partial charge in [-0.25, -0.2) is 4.98 Å². The minimum atomic E-state index is -0.223. The van der Waals surface area contributed by atoms with Gasteiger partial charge in [-0.2, -0.15) is 0 Å². The molecule has 2 rings (SSSR count). The second kappa shape index (κ2) is 7.00. The average molecular weight is 316 g/mol. The molecule has 0 saturated heterocycles. The highest BCUT2D eigenvalue weighted by atomic mass is 32.1. The molecular weight excluding hydrogens is 300 g/mol. The number of thiazole rings is 1. The van der Waals surface area contributed by atoms with Crippen LogP contribution in [0.3, 0.4) is 0 Å². The minimum absolute atomic E-state index is 0.151. The van der Waals surface area contributed by atoms with E-state index < -0.39 is 0 Å². The minimum Gasteiger partial charge on any atom is -0.495 e. The first-order valence-electron chi connectivity index (χ1n) is 6.59. The van der Waals surface area contributed by atoms with Gasteiger partial charge in [0.2, 0.25) is 5.91 Å². The molecule has 0 fully saturated rings. The number of carbonyl (C=O) groups is 2. The number of nitrogens with zero attached hydrogens (tertiary/aromatic N) is 1. The maximum Gasteiger partial charge on any atom is 0.221 e. The molecule has 0 aliphatic carbocycles. The number of aryl methyl sites for hydroxylation is 1. The van der Waals surface area contributed by atoms with Crippen molar-refractivity contribution in [3.8, 4) is 5.75 Å². The van der Waals surface area contributed by atoms with Crippen LogP contribution in [0.25, 0.3) is 6.08 Å². The summed E-state index contributed by atoms with van der Waals surface area (Å²) in [4.78, 5) is 28.5. The Bertz CT molecular complexity index is 735. The van der Waals surface area contributed by atoms with E-state index in [1.165, 1.54) is 31.4 Å². The lowest BCUT2D eigenvalue weighted by Gasteiger charge is -2.09. The van der Waals surface area contributed by atoms with E-state index in [-0.39, 0.29) is 11.7 Å². The first-order chi connectivity index (χ1) is 10.5. The summed E-state index contributed by atoms with van der Waals surface area (Å²) >= 11 is 1.48. The topological polar surface area (TPSA) is 68.3 Å². The van der Waals surface area contributed by atoms with E-state index in [0.29, 0.717) is 17.0 Å². The SMILES string of the molecule is COc1ccc(C(=O)/C=C/c2scnc2C)cc1NC(C)=O. The van der Waals surface area contributed by atoms with Crippen LogP contribution in [0.2, 0.25) is 0 Å². The van der Waals surface area contributed by atoms with Crippen molar-refractivity contribution in [2.24, 2.45) is 0 Å². The summed E-state index contributed by atoms with van der Waals surface area (Å²) in [5.41, 5.74) is 3.58. The molecule has 114 valence electrons. The summed E-state index contributed by atoms with van der Waals surface area (Å²) in [5.74, 6) is 0.134. The Morgan fingerprint density at radius 2 is 2.14 bits per heavy atom. The number of ketones is 1. The number of hydrogen-bond donors (Lipinski definition) is 1. The van der Waals surface area contributed by atoms with Crippen LogP contribution in [0.4, 0.5) is 5.69 Å². The van der Waals surface area contributed by atoms with E-state index >= 15 is 0 Å². The van der Waals surface area contributed by atoms with E-state index in [9.17, 15) is 9.59 Å². The molecule has 0 aliphatic heterocycles. The number of methoxy groups -OCH3 is 1. The lowest BCUT2D eigenvalue weighted by molar-refractivity contribution is -0.114. The molecule has 0 bridgehead atoms. The number of ether oxygens (including phenoxy) is 1. The predicted octanol–water partition coefficient (Wildman–Crippen LogP) is 3.31. The number of nitrogens with one attached hydrogen (secondary N) is 1. The highest BCUT2D eigenvalue weighted by Crippen LogP contribution is 2.26. The van der Waals surface area contributed by atoms with Gasteiger partial charge in [0.1, 0.15) is 5.75 Å². The van der Waals surface area contributed by atoms with Crippen molar-refractivity contribution in [2.45, 2.75) is 13.8 Å². The molecule has 0 aliphatic rings. The smallest absolute Gasteiger partial charge is 0.221 e. The molecule has 1 amide bonds. The molecule has 5 nitrogen and oxygen atoms in total. The van der Waals surface area contributed by atoms with Crippen LogP contribution in [0.5, 0.6) is 5.75 Å². The fraction of sp³-hybridized carbons (Fsp3) is 0.188. The van der Waals surface area contributed by atoms with Crippen molar-refractivity contribution >= 4 is 34.8 Å². The Morgan fingerprint density at radius 3 is 2.73 bits per heavy atom. The normalized spacial score (nSPS) is 10.7. The maximum atomic E-state index is 12.2. The van der Waals surface area contributed by atoms with Gasteiger partial charge in [-0.05, 0) is 37.3 Å². The van der Waals surface area contributed by atoms with Crippen LogP contribution in [0.15, 0.2) is 29.8 Å². The molecule has 0 unspecified atom stereocenters. The molecular formula is C16H16N2O3S. The summed E-state index contributed by atoms with van der Waals surface area (Å²) in [5, 5.41) is 2.65. The molecule has 1 heterocycles. The van der Waals surface area contributed by atoms with Crippen LogP contribution >= 0.6 is 11.3 Å². The number of anilines is 1. The first-order valence-corrected chi connectivity index (χ1v) is 7.47. The number of amides is 1. The number of carbonyl (C=O) groups excluding carboxylic acids is 2. The first kappa shape index (κ1) is 15.9. The number of allylic oxidation sites excluding steroid dienone is 1. The molecule has 1 aromatic carbocycles. The number of rotatable bonds is 5. The zero-order valence-corrected chi connectivity index (χ0v) is 13.4. The van der Waals surface area contributed by atoms with Crippen molar-refractivity contribution in [2.75, 3.05) is 12.4 Å². The molecule has 0 radical (unpaired) electrons. The van der Waals surface area contributed by atoms with E-state index in [1.807, 2.05) is 6.92 Å². The largest absolute Gasteiger partial charge is 0.495 e. The highest BCUT2D eigenvalue weighted by Gasteiger charge is 2.09. The van der Waals surface area contributed by atoms with Gasteiger partial charge >= 0.3 is 0 Å². The zero-order valence-electron chi connectivity index (χ0n) is 12.5. The third-order valence-electron chi connectivity index (χ3n) is 2.96. The number of hydrogen-bond acceptors (Lipinski definition) is 5. The summed E-state index contributed by atoms with van der Waals surface area (Å²) in [6.07, 6.45) is 3.25. The number of benzene rings is 1. The molecule has 0 atom stereocenters. The molecule has 0 spiro atoms. The second-order valence-electron chi connectivity index (χ2n) is 4.60. The van der Waals surface area contributed by atoms with Gasteiger partial charge in [-0.15, -0.1) is 11.3 Å². The molecule has 1 N–H and O–H groups in total. The van der Waals surface area contributed by atoms with Crippen LogP contribution in [-0.2, 0) is 4.79 Å². The summed E-state index contributed by atoms with van der Waals surface area (Å²) in [7, 11) is 1.51. The molecule has 6 heteroatoms. The van der Waals surface area contributed by atoms with E-state index in [4.69, 9.17) is 4.74 Å². The Balaban J connectivity index is 2.24. The third-order valence-corrected chi connectivity index (χ3v) is 3.86. The monoisotopic (exact) mass is 316 g/mol. The van der Waals surface area contributed by atoms with Crippen LogP contribution in [0, 0.1) is 6.92 Å². The quantitative estimate of drug-likeness (QED) is 0.679. The van der Waals surface area contributed by atoms with Crippen molar-refractivity contribution < 1.29 is 14.3 Å². The van der Waals surface area contributed by atoms with Gasteiger partial charge in [0.05, 0.1) is 24.0 Å². The number of aromatic nitrogens is 1. The Kier molecular flexibility index (Phi) is 5.06. The summed E-state index contributed by atoms with van der Waals surface area (Å²) in [6, 6.07) is 4.92. The molecule has 2 aromatic rings. The lowest BCUT2D eigenvalue weighted by Crippen LogP contribution is -2.08. The highest BCUT2D eigenvalue weighted by molar-refractivity contribution is 7.10. The maximum absolute atomic E-state index is 12.2. The van der Waals surface area contributed by atoms with Crippen molar-refractivity contribution in [3.63, 3.8) is 0 Å². The average Bonchev–Trinajstić information content (AvgIpc) is 2.89. The van der Waals surface area contributed by atoms with Gasteiger partial charge in [-0.3, -0.25) is 9.59 Å². The van der Waals surface area contributed by atoms with Gasteiger partial charge < -0.3 is 10.1 Å². The van der Waals surface area contributed by atoms with E-state index in [1.54, 1.807) is 29.8 Å². The molecule has 0 saturated carbocycles. The third kappa shape index (κ3) is 3.79. The Morgan fingerprint density at radius 1 is 1.36 bits per heavy atom. The second-order valence-corrected chi connectivity index (χ2v) is 5.48. The van der Waals surface area contributed by atoms with Crippen LogP contribution in [0.1, 0.15) is 27.9 Å². The van der Waals surface area contributed by atoms with Crippen LogP contribution < -0.4 is 10.1 Å². The van der Waals surface area contributed by atoms with Gasteiger partial charge in [0.25, 0.3) is 0 Å². The van der Waals surface area contributed by atoms with Crippen molar-refractivity contribution in [1.29, 1.82) is 0 Å². The lowest BCUT2D eigenvalue weighted by atomic mass is 10.1. The standard InChI is InChI=1S/C16H16N2O3S/c1-10-16(22-9-17-10)7-5-14(20)12-4-6-15(21-3)13(8-12)18-11(2)19/h4-9H,1-3H3,(H,18,19)/b7-5+. The van der Waals surface area contributed by atoms with Gasteiger partial charge in [0.15, 0.2) is 5.78 Å². The predicted molar refractivity (Wildman–Crippen MR) is 87.5 cm³/mol. The fourth-order valence-corrected chi connectivity index (χ4v) is 2.56. The van der Waals surface area contributed by atoms with Crippen LogP contribution in [-0.4, -0.2) is 23.8 Å². The van der Waals surface area contributed by atoms with E-state index in [0.717, 1.165) is 10.6 Å². The Hall–Kier alpha value is -2.47. The molecule has 22 heavy (non-hydrogen) atoms. The van der Waals surface area contributed by atoms with Crippen molar-refractivity contribution in [3.05, 3.63) is 45.9 Å².